The van der Waals surface area contributed by atoms with Gasteiger partial charge in [0.1, 0.15) is 16.9 Å². The standard InChI is InChI=1S/C26H20N2O6/c1-5-22(29)27-16-7-9-19-15(4)25(26(32)34-20(19)12-16)28(23(30)6-2)17-8-10-18-14(3)11-24(31)33-21(18)13-17/h5-13H,1-2H2,3-4H3,(H,27,29). The Kier molecular flexibility index (Phi) is 5.73. The van der Waals surface area contributed by atoms with Gasteiger partial charge in [0.2, 0.25) is 5.91 Å². The number of aryl methyl sites for hydroxylation is 2. The Morgan fingerprint density at radius 1 is 0.912 bits per heavy atom. The van der Waals surface area contributed by atoms with Gasteiger partial charge in [-0.15, -0.1) is 0 Å². The number of nitrogens with zero attached hydrogens (tertiary/aromatic N) is 1. The molecule has 8 heteroatoms. The van der Waals surface area contributed by atoms with Crippen LogP contribution < -0.4 is 21.5 Å². The molecule has 8 nitrogen and oxygen atoms in total. The first-order chi connectivity index (χ1) is 16.2. The quantitative estimate of drug-likeness (QED) is 0.350. The Labute approximate surface area is 193 Å². The van der Waals surface area contributed by atoms with Gasteiger partial charge in [0.05, 0.1) is 5.69 Å². The lowest BCUT2D eigenvalue weighted by atomic mass is 10.1. The Morgan fingerprint density at radius 3 is 2.32 bits per heavy atom. The zero-order chi connectivity index (χ0) is 24.6. The molecule has 0 saturated carbocycles. The van der Waals surface area contributed by atoms with Crippen molar-refractivity contribution in [2.24, 2.45) is 0 Å². The number of benzene rings is 2. The average Bonchev–Trinajstić information content (AvgIpc) is 2.80. The molecule has 0 saturated heterocycles. The van der Waals surface area contributed by atoms with Crippen LogP contribution in [0.25, 0.3) is 21.9 Å². The van der Waals surface area contributed by atoms with Gasteiger partial charge in [-0.2, -0.15) is 0 Å². The SMILES string of the molecule is C=CC(=O)Nc1ccc2c(C)c(N(C(=O)C=C)c3ccc4c(C)cc(=O)oc4c3)c(=O)oc2c1. The maximum atomic E-state index is 13.1. The van der Waals surface area contributed by atoms with Gasteiger partial charge in [-0.05, 0) is 61.4 Å². The van der Waals surface area contributed by atoms with Crippen molar-refractivity contribution in [3.8, 4) is 0 Å². The number of anilines is 3. The molecule has 0 spiro atoms. The fourth-order valence-corrected chi connectivity index (χ4v) is 3.79. The summed E-state index contributed by atoms with van der Waals surface area (Å²) >= 11 is 0. The molecule has 170 valence electrons. The van der Waals surface area contributed by atoms with Crippen LogP contribution >= 0.6 is 0 Å². The summed E-state index contributed by atoms with van der Waals surface area (Å²) in [4.78, 5) is 50.6. The predicted molar refractivity (Wildman–Crippen MR) is 131 cm³/mol. The van der Waals surface area contributed by atoms with Crippen LogP contribution in [0.2, 0.25) is 0 Å². The topological polar surface area (TPSA) is 110 Å². The molecule has 0 aliphatic heterocycles. The van der Waals surface area contributed by atoms with E-state index >= 15 is 0 Å². The second kappa shape index (κ2) is 8.67. The number of fused-ring (bicyclic) bond motifs is 2. The van der Waals surface area contributed by atoms with Gasteiger partial charge in [0, 0.05) is 34.7 Å². The van der Waals surface area contributed by atoms with E-state index in [-0.39, 0.29) is 16.9 Å². The van der Waals surface area contributed by atoms with Crippen LogP contribution in [0, 0.1) is 13.8 Å². The van der Waals surface area contributed by atoms with Crippen molar-refractivity contribution in [3.05, 3.63) is 99.7 Å². The Hall–Kier alpha value is -4.72. The zero-order valence-electron chi connectivity index (χ0n) is 18.5. The van der Waals surface area contributed by atoms with Gasteiger partial charge >= 0.3 is 11.3 Å². The molecule has 2 aromatic heterocycles. The molecular weight excluding hydrogens is 436 g/mol. The molecule has 4 aromatic rings. The first-order valence-corrected chi connectivity index (χ1v) is 10.3. The average molecular weight is 456 g/mol. The van der Waals surface area contributed by atoms with E-state index in [0.29, 0.717) is 27.7 Å². The molecule has 0 aliphatic rings. The molecule has 0 radical (unpaired) electrons. The highest BCUT2D eigenvalue weighted by Gasteiger charge is 2.24. The summed E-state index contributed by atoms with van der Waals surface area (Å²) in [5.74, 6) is -0.977. The monoisotopic (exact) mass is 456 g/mol. The maximum Gasteiger partial charge on any atom is 0.361 e. The molecule has 2 heterocycles. The molecule has 2 aromatic carbocycles. The van der Waals surface area contributed by atoms with Crippen molar-refractivity contribution in [2.75, 3.05) is 10.2 Å². The largest absolute Gasteiger partial charge is 0.423 e. The van der Waals surface area contributed by atoms with E-state index < -0.39 is 23.1 Å². The summed E-state index contributed by atoms with van der Waals surface area (Å²) in [5.41, 5.74) is 1.14. The van der Waals surface area contributed by atoms with E-state index in [1.165, 1.54) is 23.1 Å². The van der Waals surface area contributed by atoms with Crippen LogP contribution in [-0.4, -0.2) is 11.8 Å². The Bertz CT molecular complexity index is 1630. The van der Waals surface area contributed by atoms with Gasteiger partial charge in [-0.25, -0.2) is 9.59 Å². The number of amides is 2. The predicted octanol–water partition coefficient (Wildman–Crippen LogP) is 4.49. The third-order valence-corrected chi connectivity index (χ3v) is 5.40. The molecule has 0 aliphatic carbocycles. The third-order valence-electron chi connectivity index (χ3n) is 5.40. The fraction of sp³-hybridized carbons (Fsp3) is 0.0769. The second-order valence-corrected chi connectivity index (χ2v) is 7.57. The number of carbonyl (C=O) groups is 2. The molecular formula is C26H20N2O6. The number of hydrogen-bond donors (Lipinski definition) is 1. The molecule has 0 fully saturated rings. The number of rotatable bonds is 5. The van der Waals surface area contributed by atoms with Crippen molar-refractivity contribution in [3.63, 3.8) is 0 Å². The highest BCUT2D eigenvalue weighted by Crippen LogP contribution is 2.33. The molecule has 0 unspecified atom stereocenters. The third kappa shape index (κ3) is 3.93. The van der Waals surface area contributed by atoms with Gasteiger partial charge in [-0.1, -0.05) is 13.2 Å². The van der Waals surface area contributed by atoms with Crippen LogP contribution in [0.15, 0.2) is 86.2 Å². The zero-order valence-corrected chi connectivity index (χ0v) is 18.5. The van der Waals surface area contributed by atoms with Crippen LogP contribution in [0.3, 0.4) is 0 Å². The van der Waals surface area contributed by atoms with E-state index in [2.05, 4.69) is 18.5 Å². The van der Waals surface area contributed by atoms with Crippen molar-refractivity contribution in [1.29, 1.82) is 0 Å². The number of nitrogens with one attached hydrogen (secondary N) is 1. The second-order valence-electron chi connectivity index (χ2n) is 7.57. The summed E-state index contributed by atoms with van der Waals surface area (Å²) in [6.45, 7) is 10.4. The van der Waals surface area contributed by atoms with E-state index in [1.807, 2.05) is 0 Å². The lowest BCUT2D eigenvalue weighted by Crippen LogP contribution is -2.29. The smallest absolute Gasteiger partial charge is 0.361 e. The maximum absolute atomic E-state index is 13.1. The highest BCUT2D eigenvalue weighted by atomic mass is 16.4. The summed E-state index contributed by atoms with van der Waals surface area (Å²) in [5, 5.41) is 3.87. The highest BCUT2D eigenvalue weighted by molar-refractivity contribution is 6.09. The molecule has 1 N–H and O–H groups in total. The minimum atomic E-state index is -0.766. The van der Waals surface area contributed by atoms with Gasteiger partial charge in [0.15, 0.2) is 0 Å². The number of hydrogen-bond acceptors (Lipinski definition) is 6. The molecule has 2 amide bonds. The molecule has 4 rings (SSSR count). The minimum Gasteiger partial charge on any atom is -0.423 e. The van der Waals surface area contributed by atoms with Gasteiger partial charge < -0.3 is 14.2 Å². The first kappa shape index (κ1) is 22.5. The van der Waals surface area contributed by atoms with Gasteiger partial charge in [-0.3, -0.25) is 14.5 Å². The van der Waals surface area contributed by atoms with Crippen LogP contribution in [0.1, 0.15) is 11.1 Å². The molecule has 0 atom stereocenters. The summed E-state index contributed by atoms with van der Waals surface area (Å²) in [6.07, 6.45) is 2.20. The van der Waals surface area contributed by atoms with Crippen LogP contribution in [0.5, 0.6) is 0 Å². The summed E-state index contributed by atoms with van der Waals surface area (Å²) in [7, 11) is 0. The van der Waals surface area contributed by atoms with Crippen LogP contribution in [-0.2, 0) is 9.59 Å². The molecule has 0 bridgehead atoms. The van der Waals surface area contributed by atoms with E-state index in [1.54, 1.807) is 38.1 Å². The van der Waals surface area contributed by atoms with E-state index in [4.69, 9.17) is 8.83 Å². The van der Waals surface area contributed by atoms with Gasteiger partial charge in [0.25, 0.3) is 5.91 Å². The van der Waals surface area contributed by atoms with Crippen molar-refractivity contribution in [1.82, 2.24) is 0 Å². The lowest BCUT2D eigenvalue weighted by molar-refractivity contribution is -0.113. The summed E-state index contributed by atoms with van der Waals surface area (Å²) < 4.78 is 10.8. The molecule has 34 heavy (non-hydrogen) atoms. The summed E-state index contributed by atoms with van der Waals surface area (Å²) in [6, 6.07) is 11.1. The van der Waals surface area contributed by atoms with E-state index in [0.717, 1.165) is 17.7 Å². The first-order valence-electron chi connectivity index (χ1n) is 10.3. The Balaban J connectivity index is 1.93. The lowest BCUT2D eigenvalue weighted by Gasteiger charge is -2.23. The van der Waals surface area contributed by atoms with E-state index in [9.17, 15) is 19.2 Å². The van der Waals surface area contributed by atoms with Crippen molar-refractivity contribution < 1.29 is 18.4 Å². The number of carbonyl (C=O) groups excluding carboxylic acids is 2. The minimum absolute atomic E-state index is 0.00497. The van der Waals surface area contributed by atoms with Crippen LogP contribution in [0.4, 0.5) is 17.1 Å². The normalized spacial score (nSPS) is 10.8. The Morgan fingerprint density at radius 2 is 1.62 bits per heavy atom. The fourth-order valence-electron chi connectivity index (χ4n) is 3.79. The van der Waals surface area contributed by atoms with Crippen molar-refractivity contribution >= 4 is 50.8 Å². The van der Waals surface area contributed by atoms with Crippen molar-refractivity contribution in [2.45, 2.75) is 13.8 Å².